The molecule has 1 aromatic carbocycles. The number of benzene rings is 1. The maximum absolute atomic E-state index is 11.6. The summed E-state index contributed by atoms with van der Waals surface area (Å²) in [6, 6.07) is 7.74. The Balaban J connectivity index is 2.28. The number of aromatic nitrogens is 2. The molecule has 0 atom stereocenters. The van der Waals surface area contributed by atoms with Gasteiger partial charge in [-0.15, -0.1) is 0 Å². The highest BCUT2D eigenvalue weighted by atomic mass is 16.4. The van der Waals surface area contributed by atoms with Gasteiger partial charge in [0.25, 0.3) is 5.56 Å². The number of hydrogen-bond acceptors (Lipinski definition) is 3. The number of carboxylic acids is 1. The van der Waals surface area contributed by atoms with Gasteiger partial charge in [-0.25, -0.2) is 9.59 Å². The molecule has 6 nitrogen and oxygen atoms in total. The summed E-state index contributed by atoms with van der Waals surface area (Å²) in [7, 11) is 0. The van der Waals surface area contributed by atoms with Crippen LogP contribution in [-0.4, -0.2) is 20.6 Å². The van der Waals surface area contributed by atoms with E-state index >= 15 is 0 Å². The summed E-state index contributed by atoms with van der Waals surface area (Å²) >= 11 is 0. The third-order valence-corrected chi connectivity index (χ3v) is 3.12. The number of aromatic carboxylic acids is 1. The van der Waals surface area contributed by atoms with E-state index in [4.69, 9.17) is 5.11 Å². The van der Waals surface area contributed by atoms with Crippen LogP contribution in [0.25, 0.3) is 0 Å². The quantitative estimate of drug-likeness (QED) is 0.862. The first-order valence-electron chi connectivity index (χ1n) is 6.10. The molecular weight excluding hydrogens is 260 g/mol. The third-order valence-electron chi connectivity index (χ3n) is 3.12. The number of carboxylic acid groups (broad SMARTS) is 1. The number of rotatable bonds is 4. The van der Waals surface area contributed by atoms with Crippen molar-refractivity contribution in [3.05, 3.63) is 68.0 Å². The molecule has 2 rings (SSSR count). The summed E-state index contributed by atoms with van der Waals surface area (Å²) < 4.78 is 1.21. The summed E-state index contributed by atoms with van der Waals surface area (Å²) in [4.78, 5) is 35.8. The average Bonchev–Trinajstić information content (AvgIpc) is 2.39. The second-order valence-corrected chi connectivity index (χ2v) is 4.48. The Morgan fingerprint density at radius 2 is 2.00 bits per heavy atom. The molecule has 2 N–H and O–H groups in total. The number of nitrogens with one attached hydrogen (secondary N) is 1. The summed E-state index contributed by atoms with van der Waals surface area (Å²) in [6.07, 6.45) is 1.67. The van der Waals surface area contributed by atoms with E-state index in [1.807, 2.05) is 36.2 Å². The van der Waals surface area contributed by atoms with Crippen LogP contribution in [0.1, 0.15) is 21.5 Å². The first-order chi connectivity index (χ1) is 9.49. The summed E-state index contributed by atoms with van der Waals surface area (Å²) in [5.74, 6) is -1.35. The van der Waals surface area contributed by atoms with E-state index in [1.54, 1.807) is 0 Å². The van der Waals surface area contributed by atoms with E-state index in [2.05, 4.69) is 0 Å². The zero-order valence-electron chi connectivity index (χ0n) is 10.9. The highest BCUT2D eigenvalue weighted by molar-refractivity contribution is 5.86. The molecule has 0 amide bonds. The molecule has 0 radical (unpaired) electrons. The number of carbonyl (C=O) groups is 1. The molecule has 0 bridgehead atoms. The Morgan fingerprint density at radius 1 is 1.30 bits per heavy atom. The molecule has 20 heavy (non-hydrogen) atoms. The topological polar surface area (TPSA) is 92.2 Å². The molecular formula is C14H14N2O4. The van der Waals surface area contributed by atoms with Crippen LogP contribution in [0.4, 0.5) is 0 Å². The van der Waals surface area contributed by atoms with Crippen LogP contribution in [-0.2, 0) is 13.0 Å². The number of nitrogens with zero attached hydrogens (tertiary/aromatic N) is 1. The average molecular weight is 274 g/mol. The normalized spacial score (nSPS) is 10.4. The van der Waals surface area contributed by atoms with Crippen LogP contribution in [0, 0.1) is 6.92 Å². The van der Waals surface area contributed by atoms with Crippen LogP contribution in [0.15, 0.2) is 40.1 Å². The first-order valence-corrected chi connectivity index (χ1v) is 6.10. The van der Waals surface area contributed by atoms with Gasteiger partial charge in [0.05, 0.1) is 0 Å². The van der Waals surface area contributed by atoms with Gasteiger partial charge in [-0.3, -0.25) is 14.3 Å². The number of hydrogen-bond donors (Lipinski definition) is 2. The fraction of sp³-hybridized carbons (Fsp3) is 0.214. The molecule has 0 unspecified atom stereocenters. The first kappa shape index (κ1) is 13.8. The summed E-state index contributed by atoms with van der Waals surface area (Å²) in [6.45, 7) is 2.27. The summed E-state index contributed by atoms with van der Waals surface area (Å²) in [5, 5.41) is 8.87. The van der Waals surface area contributed by atoms with E-state index in [-0.39, 0.29) is 0 Å². The van der Waals surface area contributed by atoms with Crippen molar-refractivity contribution in [3.63, 3.8) is 0 Å². The van der Waals surface area contributed by atoms with Gasteiger partial charge in [0, 0.05) is 12.7 Å². The lowest BCUT2D eigenvalue weighted by atomic mass is 10.1. The lowest BCUT2D eigenvalue weighted by Gasteiger charge is -2.08. The lowest BCUT2D eigenvalue weighted by Crippen LogP contribution is -2.33. The maximum atomic E-state index is 11.6. The summed E-state index contributed by atoms with van der Waals surface area (Å²) in [5.41, 5.74) is 0.253. The van der Waals surface area contributed by atoms with Gasteiger partial charge in [0.2, 0.25) is 0 Å². The van der Waals surface area contributed by atoms with Gasteiger partial charge in [-0.1, -0.05) is 24.3 Å². The van der Waals surface area contributed by atoms with Crippen molar-refractivity contribution in [1.82, 2.24) is 9.55 Å². The highest BCUT2D eigenvalue weighted by Gasteiger charge is 2.11. The molecule has 0 saturated heterocycles. The fourth-order valence-corrected chi connectivity index (χ4v) is 1.96. The van der Waals surface area contributed by atoms with Crippen molar-refractivity contribution in [2.24, 2.45) is 0 Å². The lowest BCUT2D eigenvalue weighted by molar-refractivity contribution is 0.0693. The van der Waals surface area contributed by atoms with Crippen molar-refractivity contribution >= 4 is 5.97 Å². The van der Waals surface area contributed by atoms with Crippen LogP contribution < -0.4 is 11.2 Å². The minimum absolute atomic E-state index is 0.306. The molecule has 0 aliphatic carbocycles. The Bertz CT molecular complexity index is 758. The standard InChI is InChI=1S/C14H14N2O4/c1-9-4-2-3-5-10(9)6-7-16-8-11(13(18)19)12(17)15-14(16)20/h2-5,8H,6-7H2,1H3,(H,18,19)(H,15,17,20). The van der Waals surface area contributed by atoms with Crippen LogP contribution in [0.2, 0.25) is 0 Å². The van der Waals surface area contributed by atoms with Crippen molar-refractivity contribution in [1.29, 1.82) is 0 Å². The van der Waals surface area contributed by atoms with Crippen LogP contribution >= 0.6 is 0 Å². The van der Waals surface area contributed by atoms with Crippen LogP contribution in [0.5, 0.6) is 0 Å². The fourth-order valence-electron chi connectivity index (χ4n) is 1.96. The van der Waals surface area contributed by atoms with Gasteiger partial charge >= 0.3 is 11.7 Å². The molecule has 0 saturated carbocycles. The SMILES string of the molecule is Cc1ccccc1CCn1cc(C(=O)O)c(=O)[nH]c1=O. The minimum Gasteiger partial charge on any atom is -0.477 e. The van der Waals surface area contributed by atoms with Gasteiger partial charge < -0.3 is 5.11 Å². The largest absolute Gasteiger partial charge is 0.477 e. The molecule has 104 valence electrons. The van der Waals surface area contributed by atoms with Gasteiger partial charge in [0.1, 0.15) is 5.56 Å². The van der Waals surface area contributed by atoms with Gasteiger partial charge in [-0.2, -0.15) is 0 Å². The Kier molecular flexibility index (Phi) is 3.84. The molecule has 0 spiro atoms. The predicted molar refractivity (Wildman–Crippen MR) is 73.2 cm³/mol. The van der Waals surface area contributed by atoms with Crippen LogP contribution in [0.3, 0.4) is 0 Å². The maximum Gasteiger partial charge on any atom is 0.342 e. The number of aryl methyl sites for hydroxylation is 3. The Labute approximate surface area is 114 Å². The van der Waals surface area contributed by atoms with Crippen molar-refractivity contribution in [3.8, 4) is 0 Å². The van der Waals surface area contributed by atoms with E-state index in [0.717, 1.165) is 17.3 Å². The number of H-pyrrole nitrogens is 1. The smallest absolute Gasteiger partial charge is 0.342 e. The second-order valence-electron chi connectivity index (χ2n) is 4.48. The van der Waals surface area contributed by atoms with Gasteiger partial charge in [-0.05, 0) is 24.5 Å². The zero-order chi connectivity index (χ0) is 14.7. The molecule has 0 fully saturated rings. The molecule has 1 aromatic heterocycles. The molecule has 2 aromatic rings. The number of aromatic amines is 1. The third kappa shape index (κ3) is 2.85. The highest BCUT2D eigenvalue weighted by Crippen LogP contribution is 2.08. The minimum atomic E-state index is -1.35. The monoisotopic (exact) mass is 274 g/mol. The second kappa shape index (κ2) is 5.56. The van der Waals surface area contributed by atoms with Crippen molar-refractivity contribution < 1.29 is 9.90 Å². The Morgan fingerprint density at radius 3 is 2.65 bits per heavy atom. The zero-order valence-corrected chi connectivity index (χ0v) is 10.9. The molecule has 1 heterocycles. The molecule has 0 aliphatic heterocycles. The predicted octanol–water partition coefficient (Wildman–Crippen LogP) is 0.786. The van der Waals surface area contributed by atoms with E-state index in [9.17, 15) is 14.4 Å². The van der Waals surface area contributed by atoms with Gasteiger partial charge in [0.15, 0.2) is 0 Å². The Hall–Kier alpha value is -2.63. The molecule has 0 aliphatic rings. The van der Waals surface area contributed by atoms with Crippen molar-refractivity contribution in [2.75, 3.05) is 0 Å². The van der Waals surface area contributed by atoms with Crippen molar-refractivity contribution in [2.45, 2.75) is 19.9 Å². The molecule has 6 heteroatoms. The van der Waals surface area contributed by atoms with E-state index in [0.29, 0.717) is 13.0 Å². The van der Waals surface area contributed by atoms with E-state index in [1.165, 1.54) is 4.57 Å². The van der Waals surface area contributed by atoms with E-state index < -0.39 is 22.8 Å².